The summed E-state index contributed by atoms with van der Waals surface area (Å²) in [5.74, 6) is -0.194. The van der Waals surface area contributed by atoms with Crippen molar-refractivity contribution in [2.24, 2.45) is 0 Å². The lowest BCUT2D eigenvalue weighted by molar-refractivity contribution is -0.125. The molecule has 0 aromatic heterocycles. The highest BCUT2D eigenvalue weighted by molar-refractivity contribution is 5.96. The molecular formula is C21H25N3O2. The zero-order chi connectivity index (χ0) is 18.5. The van der Waals surface area contributed by atoms with Gasteiger partial charge in [0, 0.05) is 11.7 Å². The van der Waals surface area contributed by atoms with Crippen LogP contribution in [0.1, 0.15) is 30.0 Å². The van der Waals surface area contributed by atoms with Crippen molar-refractivity contribution in [2.45, 2.75) is 31.8 Å². The number of nitrogens with one attached hydrogen (secondary N) is 2. The molecule has 5 heteroatoms. The van der Waals surface area contributed by atoms with Gasteiger partial charge in [0.2, 0.25) is 11.8 Å². The molecule has 2 N–H and O–H groups in total. The van der Waals surface area contributed by atoms with Crippen LogP contribution >= 0.6 is 0 Å². The second kappa shape index (κ2) is 8.15. The fraction of sp³-hybridized carbons (Fsp3) is 0.333. The van der Waals surface area contributed by atoms with Crippen LogP contribution in [0.25, 0.3) is 0 Å². The van der Waals surface area contributed by atoms with Crippen LogP contribution in [-0.4, -0.2) is 36.3 Å². The van der Waals surface area contributed by atoms with Gasteiger partial charge in [0.15, 0.2) is 0 Å². The minimum atomic E-state index is -0.539. The van der Waals surface area contributed by atoms with Gasteiger partial charge >= 0.3 is 0 Å². The van der Waals surface area contributed by atoms with Crippen LogP contribution in [0.15, 0.2) is 54.6 Å². The second-order valence-corrected chi connectivity index (χ2v) is 6.93. The maximum absolute atomic E-state index is 13.0. The number of anilines is 1. The Hall–Kier alpha value is -2.66. The molecule has 5 nitrogen and oxygen atoms in total. The predicted molar refractivity (Wildman–Crippen MR) is 103 cm³/mol. The minimum Gasteiger partial charge on any atom is -0.352 e. The van der Waals surface area contributed by atoms with Gasteiger partial charge in [-0.05, 0) is 44.5 Å². The molecule has 136 valence electrons. The molecule has 2 aromatic carbocycles. The van der Waals surface area contributed by atoms with Crippen LogP contribution in [0.3, 0.4) is 0 Å². The molecule has 0 heterocycles. The molecule has 0 saturated heterocycles. The normalized spacial score (nSPS) is 14.7. The summed E-state index contributed by atoms with van der Waals surface area (Å²) in [5.41, 5.74) is 2.74. The van der Waals surface area contributed by atoms with Crippen molar-refractivity contribution in [2.75, 3.05) is 18.9 Å². The average molecular weight is 351 g/mol. The van der Waals surface area contributed by atoms with Crippen LogP contribution in [-0.2, 0) is 9.59 Å². The Morgan fingerprint density at radius 3 is 2.35 bits per heavy atom. The van der Waals surface area contributed by atoms with Crippen LogP contribution in [0.4, 0.5) is 5.69 Å². The van der Waals surface area contributed by atoms with E-state index in [1.165, 1.54) is 0 Å². The summed E-state index contributed by atoms with van der Waals surface area (Å²) >= 11 is 0. The first-order chi connectivity index (χ1) is 12.5. The number of nitrogens with zero attached hydrogens (tertiary/aromatic N) is 1. The van der Waals surface area contributed by atoms with Crippen molar-refractivity contribution < 1.29 is 9.59 Å². The van der Waals surface area contributed by atoms with Crippen LogP contribution in [0, 0.1) is 6.92 Å². The summed E-state index contributed by atoms with van der Waals surface area (Å²) < 4.78 is 0. The second-order valence-electron chi connectivity index (χ2n) is 6.93. The highest BCUT2D eigenvalue weighted by Crippen LogP contribution is 2.22. The Morgan fingerprint density at radius 1 is 1.08 bits per heavy atom. The van der Waals surface area contributed by atoms with Gasteiger partial charge in [-0.15, -0.1) is 0 Å². The number of carbonyl (C=O) groups excluding carboxylic acids is 2. The van der Waals surface area contributed by atoms with E-state index in [1.807, 2.05) is 61.5 Å². The van der Waals surface area contributed by atoms with Gasteiger partial charge in [-0.2, -0.15) is 0 Å². The summed E-state index contributed by atoms with van der Waals surface area (Å²) in [6.45, 7) is 2.18. The van der Waals surface area contributed by atoms with Gasteiger partial charge in [0.1, 0.15) is 6.04 Å². The molecule has 0 unspecified atom stereocenters. The predicted octanol–water partition coefficient (Wildman–Crippen LogP) is 2.89. The number of rotatable bonds is 7. The molecule has 1 aliphatic carbocycles. The van der Waals surface area contributed by atoms with Crippen molar-refractivity contribution in [1.29, 1.82) is 0 Å². The van der Waals surface area contributed by atoms with Crippen LogP contribution in [0.2, 0.25) is 0 Å². The summed E-state index contributed by atoms with van der Waals surface area (Å²) in [5, 5.41) is 5.94. The lowest BCUT2D eigenvalue weighted by atomic mass is 10.0. The van der Waals surface area contributed by atoms with Crippen molar-refractivity contribution in [3.05, 3.63) is 65.7 Å². The number of hydrogen-bond acceptors (Lipinski definition) is 3. The van der Waals surface area contributed by atoms with Crippen molar-refractivity contribution >= 4 is 17.5 Å². The third-order valence-electron chi connectivity index (χ3n) is 4.46. The molecule has 1 fully saturated rings. The van der Waals surface area contributed by atoms with E-state index in [-0.39, 0.29) is 18.4 Å². The van der Waals surface area contributed by atoms with Gasteiger partial charge in [-0.25, -0.2) is 0 Å². The molecule has 2 aromatic rings. The largest absolute Gasteiger partial charge is 0.352 e. The number of aryl methyl sites for hydroxylation is 1. The standard InChI is InChI=1S/C21H25N3O2/c1-15-8-10-18(11-9-15)23-21(26)20(16-6-4-3-5-7-16)24(2)14-19(25)22-17-12-13-17/h3-11,17,20H,12-14H2,1-2H3,(H,22,25)(H,23,26)/t20-/m0/s1. The van der Waals surface area contributed by atoms with E-state index in [9.17, 15) is 9.59 Å². The van der Waals surface area contributed by atoms with E-state index in [0.717, 1.165) is 29.7 Å². The van der Waals surface area contributed by atoms with E-state index in [0.29, 0.717) is 6.04 Å². The molecule has 0 aliphatic heterocycles. The molecule has 3 rings (SSSR count). The lowest BCUT2D eigenvalue weighted by Crippen LogP contribution is -2.41. The number of hydrogen-bond donors (Lipinski definition) is 2. The SMILES string of the molecule is Cc1ccc(NC(=O)[C@H](c2ccccc2)N(C)CC(=O)NC2CC2)cc1. The van der Waals surface area contributed by atoms with Gasteiger partial charge in [-0.1, -0.05) is 48.0 Å². The van der Waals surface area contributed by atoms with Gasteiger partial charge in [0.25, 0.3) is 0 Å². The van der Waals surface area contributed by atoms with E-state index < -0.39 is 6.04 Å². The van der Waals surface area contributed by atoms with E-state index >= 15 is 0 Å². The van der Waals surface area contributed by atoms with Crippen LogP contribution in [0.5, 0.6) is 0 Å². The van der Waals surface area contributed by atoms with E-state index in [2.05, 4.69) is 10.6 Å². The quantitative estimate of drug-likeness (QED) is 0.806. The first kappa shape index (κ1) is 18.1. The number of carbonyl (C=O) groups is 2. The van der Waals surface area contributed by atoms with Crippen molar-refractivity contribution in [3.8, 4) is 0 Å². The Bertz CT molecular complexity index is 755. The number of benzene rings is 2. The number of amides is 2. The Morgan fingerprint density at radius 2 is 1.73 bits per heavy atom. The zero-order valence-corrected chi connectivity index (χ0v) is 15.2. The zero-order valence-electron chi connectivity index (χ0n) is 15.2. The Kier molecular flexibility index (Phi) is 5.68. The molecule has 0 spiro atoms. The fourth-order valence-electron chi connectivity index (χ4n) is 2.91. The molecule has 1 aliphatic rings. The summed E-state index contributed by atoms with van der Waals surface area (Å²) in [6.07, 6.45) is 2.09. The Labute approximate surface area is 154 Å². The molecule has 1 atom stereocenters. The van der Waals surface area contributed by atoms with Gasteiger partial charge < -0.3 is 10.6 Å². The lowest BCUT2D eigenvalue weighted by Gasteiger charge is -2.27. The molecule has 26 heavy (non-hydrogen) atoms. The molecule has 2 amide bonds. The van der Waals surface area contributed by atoms with Gasteiger partial charge in [-0.3, -0.25) is 14.5 Å². The number of likely N-dealkylation sites (N-methyl/N-ethyl adjacent to an activating group) is 1. The van der Waals surface area contributed by atoms with Crippen molar-refractivity contribution in [1.82, 2.24) is 10.2 Å². The summed E-state index contributed by atoms with van der Waals surface area (Å²) in [7, 11) is 1.80. The maximum atomic E-state index is 13.0. The molecule has 0 bridgehead atoms. The average Bonchev–Trinajstić information content (AvgIpc) is 3.42. The first-order valence-electron chi connectivity index (χ1n) is 8.95. The third kappa shape index (κ3) is 4.92. The monoisotopic (exact) mass is 351 g/mol. The highest BCUT2D eigenvalue weighted by atomic mass is 16.2. The van der Waals surface area contributed by atoms with Gasteiger partial charge in [0.05, 0.1) is 6.54 Å². The Balaban J connectivity index is 1.74. The van der Waals surface area contributed by atoms with Crippen molar-refractivity contribution in [3.63, 3.8) is 0 Å². The fourth-order valence-corrected chi connectivity index (χ4v) is 2.91. The third-order valence-corrected chi connectivity index (χ3v) is 4.46. The van der Waals surface area contributed by atoms with E-state index in [1.54, 1.807) is 11.9 Å². The van der Waals surface area contributed by atoms with E-state index in [4.69, 9.17) is 0 Å². The minimum absolute atomic E-state index is 0.0425. The molecular weight excluding hydrogens is 326 g/mol. The summed E-state index contributed by atoms with van der Waals surface area (Å²) in [4.78, 5) is 26.9. The summed E-state index contributed by atoms with van der Waals surface area (Å²) in [6, 6.07) is 17.0. The smallest absolute Gasteiger partial charge is 0.246 e. The molecule has 1 saturated carbocycles. The first-order valence-corrected chi connectivity index (χ1v) is 8.95. The van der Waals surface area contributed by atoms with Crippen LogP contribution < -0.4 is 10.6 Å². The maximum Gasteiger partial charge on any atom is 0.246 e. The highest BCUT2D eigenvalue weighted by Gasteiger charge is 2.29. The molecule has 0 radical (unpaired) electrons. The topological polar surface area (TPSA) is 61.4 Å².